The largest absolute Gasteiger partial charge is 0.448 e. The number of hydrogen-bond donors (Lipinski definition) is 1. The normalized spacial score (nSPS) is 20.9. The number of allylic oxidation sites excluding steroid dienone is 4. The number of benzene rings is 2. The third-order valence-corrected chi connectivity index (χ3v) is 9.36. The molecule has 0 bridgehead atoms. The molecule has 5 rings (SSSR count). The summed E-state index contributed by atoms with van der Waals surface area (Å²) in [6.07, 6.45) is 6.29. The van der Waals surface area contributed by atoms with E-state index in [1.807, 2.05) is 60.7 Å². The Labute approximate surface area is 282 Å². The molecule has 12 nitrogen and oxygen atoms in total. The number of esters is 1. The fraction of sp³-hybridized carbons (Fsp3) is 0.343. The lowest BCUT2D eigenvalue weighted by Gasteiger charge is -2.49. The molecule has 1 unspecified atom stereocenters. The van der Waals surface area contributed by atoms with Crippen molar-refractivity contribution in [2.24, 2.45) is 21.6 Å². The Balaban J connectivity index is 1.29. The molecule has 1 N–H and O–H groups in total. The number of nitrogens with one attached hydrogen (secondary N) is 1. The van der Waals surface area contributed by atoms with Crippen molar-refractivity contribution < 1.29 is 28.8 Å². The highest BCUT2D eigenvalue weighted by Gasteiger charge is 2.54. The average molecular weight is 669 g/mol. The molecule has 2 aliphatic heterocycles. The number of rotatable bonds is 12. The smallest absolute Gasteiger partial charge is 0.356 e. The van der Waals surface area contributed by atoms with Crippen molar-refractivity contribution in [1.82, 2.24) is 10.2 Å². The number of carbonyl (C=O) groups is 4. The molecule has 1 saturated heterocycles. The van der Waals surface area contributed by atoms with Gasteiger partial charge in [-0.3, -0.25) is 19.3 Å². The van der Waals surface area contributed by atoms with Gasteiger partial charge in [-0.15, -0.1) is 11.8 Å². The number of thioether (sulfide) groups is 1. The summed E-state index contributed by atoms with van der Waals surface area (Å²) in [7, 11) is 0. The minimum atomic E-state index is -0.880. The Morgan fingerprint density at radius 2 is 1.73 bits per heavy atom. The standard InChI is InChI=1S/C35H36N6O6S/c1-35(2,3)27(42)20-46-39-26-17-11-10-16-24(26)18-28(43)38-29-32(44)41-30(25(19-37-40-36)21-48-33(29)41)34(45)47-31(22-12-6-4-7-13-22)23-14-8-5-9-15-23/h4-17,24,29,31,33H,18-21H2,1-3H3,(H,38,43)/t24?,29-,33-/m1/s1. The van der Waals surface area contributed by atoms with Crippen molar-refractivity contribution in [3.05, 3.63) is 118 Å². The van der Waals surface area contributed by atoms with Crippen LogP contribution in [0.2, 0.25) is 0 Å². The first-order chi connectivity index (χ1) is 23.1. The highest BCUT2D eigenvalue weighted by atomic mass is 32.2. The summed E-state index contributed by atoms with van der Waals surface area (Å²) < 4.78 is 6.09. The van der Waals surface area contributed by atoms with E-state index in [-0.39, 0.29) is 31.1 Å². The number of amides is 2. The second kappa shape index (κ2) is 15.2. The summed E-state index contributed by atoms with van der Waals surface area (Å²) in [5.74, 6) is -1.84. The van der Waals surface area contributed by atoms with Crippen molar-refractivity contribution >= 4 is 41.0 Å². The highest BCUT2D eigenvalue weighted by molar-refractivity contribution is 8.00. The highest BCUT2D eigenvalue weighted by Crippen LogP contribution is 2.42. The zero-order valence-electron chi connectivity index (χ0n) is 26.8. The van der Waals surface area contributed by atoms with Gasteiger partial charge in [0.2, 0.25) is 5.91 Å². The van der Waals surface area contributed by atoms with E-state index in [0.717, 1.165) is 11.1 Å². The Hall–Kier alpha value is -5.13. The number of azide groups is 1. The molecule has 3 aliphatic rings. The van der Waals surface area contributed by atoms with Crippen LogP contribution in [0.4, 0.5) is 0 Å². The van der Waals surface area contributed by atoms with Gasteiger partial charge in [-0.1, -0.05) is 110 Å². The molecule has 2 aromatic rings. The van der Waals surface area contributed by atoms with E-state index in [2.05, 4.69) is 20.5 Å². The van der Waals surface area contributed by atoms with Crippen LogP contribution in [0.15, 0.2) is 107 Å². The summed E-state index contributed by atoms with van der Waals surface area (Å²) in [4.78, 5) is 62.4. The Morgan fingerprint density at radius 1 is 1.06 bits per heavy atom. The molecule has 2 aromatic carbocycles. The lowest BCUT2D eigenvalue weighted by atomic mass is 9.91. The molecule has 13 heteroatoms. The topological polar surface area (TPSA) is 163 Å². The number of ether oxygens (including phenoxy) is 1. The molecular weight excluding hydrogens is 632 g/mol. The third-order valence-electron chi connectivity index (χ3n) is 8.02. The lowest BCUT2D eigenvalue weighted by Crippen LogP contribution is -2.70. The fourth-order valence-electron chi connectivity index (χ4n) is 5.32. The summed E-state index contributed by atoms with van der Waals surface area (Å²) in [5.41, 5.74) is 10.9. The van der Waals surface area contributed by atoms with Crippen LogP contribution in [-0.2, 0) is 28.8 Å². The van der Waals surface area contributed by atoms with Crippen LogP contribution in [0.1, 0.15) is 44.4 Å². The van der Waals surface area contributed by atoms with Gasteiger partial charge in [-0.25, -0.2) is 4.79 Å². The molecule has 0 spiro atoms. The summed E-state index contributed by atoms with van der Waals surface area (Å²) in [6.45, 7) is 5.09. The van der Waals surface area contributed by atoms with Gasteiger partial charge < -0.3 is 14.9 Å². The van der Waals surface area contributed by atoms with Gasteiger partial charge >= 0.3 is 5.97 Å². The molecular formula is C35H36N6O6S. The van der Waals surface area contributed by atoms with Gasteiger partial charge in [0.05, 0.1) is 12.3 Å². The minimum absolute atomic E-state index is 0.0138. The van der Waals surface area contributed by atoms with Crippen LogP contribution >= 0.6 is 11.8 Å². The quantitative estimate of drug-likeness (QED) is 0.0790. The summed E-state index contributed by atoms with van der Waals surface area (Å²) in [6, 6.07) is 17.6. The maximum absolute atomic E-state index is 13.9. The van der Waals surface area contributed by atoms with Crippen LogP contribution in [0.3, 0.4) is 0 Å². The van der Waals surface area contributed by atoms with Gasteiger partial charge in [0.15, 0.2) is 18.5 Å². The molecule has 2 heterocycles. The first-order valence-electron chi connectivity index (χ1n) is 15.4. The van der Waals surface area contributed by atoms with Crippen molar-refractivity contribution in [3.8, 4) is 0 Å². The van der Waals surface area contributed by atoms with E-state index in [4.69, 9.17) is 15.1 Å². The Kier molecular flexibility index (Phi) is 10.8. The SMILES string of the molecule is CC(C)(C)C(=O)CON=C1C=CC=CC1CC(=O)N[C@@H]1C(=O)N2C(C(=O)OC(c3ccccc3)c3ccccc3)=C(CN=[N+]=[N-])CS[C@H]12. The van der Waals surface area contributed by atoms with Crippen LogP contribution in [0.25, 0.3) is 10.4 Å². The van der Waals surface area contributed by atoms with Gasteiger partial charge in [0, 0.05) is 28.4 Å². The fourth-order valence-corrected chi connectivity index (χ4v) is 6.65. The van der Waals surface area contributed by atoms with E-state index in [9.17, 15) is 19.2 Å². The molecule has 0 radical (unpaired) electrons. The van der Waals surface area contributed by atoms with E-state index in [0.29, 0.717) is 17.0 Å². The second-order valence-corrected chi connectivity index (χ2v) is 13.5. The first-order valence-corrected chi connectivity index (χ1v) is 16.5. The molecule has 248 valence electrons. The van der Waals surface area contributed by atoms with E-state index in [1.165, 1.54) is 16.7 Å². The van der Waals surface area contributed by atoms with Crippen molar-refractivity contribution in [2.75, 3.05) is 18.9 Å². The molecule has 1 fully saturated rings. The lowest BCUT2D eigenvalue weighted by molar-refractivity contribution is -0.154. The number of oxime groups is 1. The molecule has 2 amide bonds. The zero-order valence-corrected chi connectivity index (χ0v) is 27.6. The van der Waals surface area contributed by atoms with Gasteiger partial charge in [0.25, 0.3) is 5.91 Å². The molecule has 48 heavy (non-hydrogen) atoms. The average Bonchev–Trinajstić information content (AvgIpc) is 3.09. The Bertz CT molecular complexity index is 1690. The van der Waals surface area contributed by atoms with Crippen LogP contribution < -0.4 is 5.32 Å². The van der Waals surface area contributed by atoms with Crippen molar-refractivity contribution in [2.45, 2.75) is 44.7 Å². The van der Waals surface area contributed by atoms with Gasteiger partial charge in [0.1, 0.15) is 17.1 Å². The first kappa shape index (κ1) is 34.2. The number of carbonyl (C=O) groups excluding carboxylic acids is 4. The van der Waals surface area contributed by atoms with Gasteiger partial charge in [-0.05, 0) is 28.3 Å². The predicted octanol–water partition coefficient (Wildman–Crippen LogP) is 5.40. The predicted molar refractivity (Wildman–Crippen MR) is 181 cm³/mol. The van der Waals surface area contributed by atoms with Crippen LogP contribution in [0.5, 0.6) is 0 Å². The third kappa shape index (κ3) is 7.87. The number of nitrogens with zero attached hydrogens (tertiary/aromatic N) is 5. The molecule has 0 aromatic heterocycles. The van der Waals surface area contributed by atoms with Crippen molar-refractivity contribution in [1.29, 1.82) is 0 Å². The summed E-state index contributed by atoms with van der Waals surface area (Å²) >= 11 is 1.36. The number of Topliss-reactive ketones (excluding diaryl/α,β-unsaturated/α-hetero) is 1. The maximum Gasteiger partial charge on any atom is 0.356 e. The maximum atomic E-state index is 13.9. The summed E-state index contributed by atoms with van der Waals surface area (Å²) in [5, 5.41) is 10.0. The van der Waals surface area contributed by atoms with E-state index >= 15 is 0 Å². The van der Waals surface area contributed by atoms with Crippen LogP contribution in [-0.4, -0.2) is 64.5 Å². The Morgan fingerprint density at radius 3 is 2.35 bits per heavy atom. The molecule has 0 saturated carbocycles. The molecule has 1 aliphatic carbocycles. The number of ketones is 1. The molecule has 3 atom stereocenters. The van der Waals surface area contributed by atoms with E-state index < -0.39 is 46.6 Å². The number of hydrogen-bond acceptors (Lipinski definition) is 9. The van der Waals surface area contributed by atoms with Crippen LogP contribution in [0, 0.1) is 11.3 Å². The monoisotopic (exact) mass is 668 g/mol. The number of fused-ring (bicyclic) bond motifs is 1. The number of β-lactam (4-membered cyclic amide) rings is 1. The van der Waals surface area contributed by atoms with E-state index in [1.54, 1.807) is 45.1 Å². The zero-order chi connectivity index (χ0) is 34.3. The van der Waals surface area contributed by atoms with Gasteiger partial charge in [-0.2, -0.15) is 0 Å². The minimum Gasteiger partial charge on any atom is -0.448 e. The second-order valence-electron chi connectivity index (χ2n) is 12.4. The van der Waals surface area contributed by atoms with Crippen molar-refractivity contribution in [3.63, 3.8) is 0 Å².